The Hall–Kier alpha value is -2.03. The Balaban J connectivity index is 1.64. The fourth-order valence-electron chi connectivity index (χ4n) is 2.95. The van der Waals surface area contributed by atoms with Gasteiger partial charge in [0.05, 0.1) is 7.11 Å². The second-order valence-corrected chi connectivity index (χ2v) is 5.51. The summed E-state index contributed by atoms with van der Waals surface area (Å²) < 4.78 is 19.2. The molecular formula is C18H20FNO. The average Bonchev–Trinajstić information content (AvgIpc) is 2.54. The lowest BCUT2D eigenvalue weighted by Crippen LogP contribution is -2.26. The van der Waals surface area contributed by atoms with E-state index in [1.54, 1.807) is 6.07 Å². The molecule has 0 aliphatic carbocycles. The van der Waals surface area contributed by atoms with E-state index in [1.165, 1.54) is 18.4 Å². The van der Waals surface area contributed by atoms with Gasteiger partial charge >= 0.3 is 0 Å². The van der Waals surface area contributed by atoms with Gasteiger partial charge < -0.3 is 10.1 Å². The van der Waals surface area contributed by atoms with Gasteiger partial charge in [-0.1, -0.05) is 30.3 Å². The van der Waals surface area contributed by atoms with Gasteiger partial charge in [-0.2, -0.15) is 0 Å². The van der Waals surface area contributed by atoms with Crippen LogP contribution in [0.1, 0.15) is 24.0 Å². The Morgan fingerprint density at radius 2 is 2.05 bits per heavy atom. The molecule has 0 aromatic heterocycles. The van der Waals surface area contributed by atoms with E-state index < -0.39 is 0 Å². The van der Waals surface area contributed by atoms with Crippen molar-refractivity contribution in [3.05, 3.63) is 59.4 Å². The number of anilines is 1. The van der Waals surface area contributed by atoms with Crippen LogP contribution in [0.4, 0.5) is 10.1 Å². The van der Waals surface area contributed by atoms with Crippen LogP contribution in [0.15, 0.2) is 42.5 Å². The number of aryl methyl sites for hydroxylation is 2. The van der Waals surface area contributed by atoms with E-state index in [2.05, 4.69) is 29.6 Å². The highest BCUT2D eigenvalue weighted by Gasteiger charge is 2.18. The fourth-order valence-corrected chi connectivity index (χ4v) is 2.95. The summed E-state index contributed by atoms with van der Waals surface area (Å²) in [6.45, 7) is 0. The van der Waals surface area contributed by atoms with Gasteiger partial charge in [0.2, 0.25) is 0 Å². The predicted molar refractivity (Wildman–Crippen MR) is 83.4 cm³/mol. The molecule has 0 radical (unpaired) electrons. The molecule has 0 saturated heterocycles. The second kappa shape index (κ2) is 6.17. The molecule has 2 aromatic rings. The second-order valence-electron chi connectivity index (χ2n) is 5.51. The Morgan fingerprint density at radius 1 is 1.19 bits per heavy atom. The molecule has 1 aliphatic rings. The summed E-state index contributed by atoms with van der Waals surface area (Å²) in [5.41, 5.74) is 3.33. The summed E-state index contributed by atoms with van der Waals surface area (Å²) in [6, 6.07) is 14.2. The highest BCUT2D eigenvalue weighted by Crippen LogP contribution is 2.27. The molecule has 3 rings (SSSR count). The van der Waals surface area contributed by atoms with Crippen LogP contribution in [0, 0.1) is 5.82 Å². The van der Waals surface area contributed by atoms with Gasteiger partial charge in [-0.15, -0.1) is 0 Å². The number of benzene rings is 2. The molecule has 0 amide bonds. The van der Waals surface area contributed by atoms with E-state index in [9.17, 15) is 4.39 Å². The highest BCUT2D eigenvalue weighted by molar-refractivity contribution is 5.53. The molecule has 0 spiro atoms. The van der Waals surface area contributed by atoms with E-state index in [-0.39, 0.29) is 5.82 Å². The summed E-state index contributed by atoms with van der Waals surface area (Å²) in [7, 11) is 1.50. The molecule has 21 heavy (non-hydrogen) atoms. The Labute approximate surface area is 125 Å². The van der Waals surface area contributed by atoms with E-state index in [0.29, 0.717) is 11.8 Å². The third-order valence-electron chi connectivity index (χ3n) is 4.16. The average molecular weight is 285 g/mol. The first-order chi connectivity index (χ1) is 10.3. The maximum absolute atomic E-state index is 14.1. The van der Waals surface area contributed by atoms with E-state index >= 15 is 0 Å². The van der Waals surface area contributed by atoms with Crippen molar-refractivity contribution in [3.8, 4) is 5.75 Å². The van der Waals surface area contributed by atoms with Gasteiger partial charge in [-0.05, 0) is 48.9 Å². The molecule has 3 heteroatoms. The van der Waals surface area contributed by atoms with E-state index in [4.69, 9.17) is 4.74 Å². The molecule has 0 fully saturated rings. The molecule has 110 valence electrons. The number of hydrogen-bond donors (Lipinski definition) is 1. The van der Waals surface area contributed by atoms with Crippen molar-refractivity contribution in [3.63, 3.8) is 0 Å². The van der Waals surface area contributed by atoms with Crippen LogP contribution in [0.5, 0.6) is 5.75 Å². The van der Waals surface area contributed by atoms with Crippen LogP contribution in [0.2, 0.25) is 0 Å². The van der Waals surface area contributed by atoms with Gasteiger partial charge in [0, 0.05) is 11.7 Å². The monoisotopic (exact) mass is 285 g/mol. The van der Waals surface area contributed by atoms with Crippen molar-refractivity contribution in [2.75, 3.05) is 12.4 Å². The number of hydrogen-bond acceptors (Lipinski definition) is 2. The molecule has 1 N–H and O–H groups in total. The molecule has 0 bridgehead atoms. The van der Waals surface area contributed by atoms with Crippen LogP contribution in [-0.4, -0.2) is 13.2 Å². The van der Waals surface area contributed by atoms with Gasteiger partial charge in [-0.25, -0.2) is 4.39 Å². The minimum absolute atomic E-state index is 0.226. The van der Waals surface area contributed by atoms with Crippen molar-refractivity contribution >= 4 is 5.69 Å². The Kier molecular flexibility index (Phi) is 4.09. The summed E-state index contributed by atoms with van der Waals surface area (Å²) in [5.74, 6) is 0.102. The molecule has 2 nitrogen and oxygen atoms in total. The lowest BCUT2D eigenvalue weighted by atomic mass is 9.94. The predicted octanol–water partition coefficient (Wildman–Crippen LogP) is 4.19. The number of nitrogens with one attached hydrogen (secondary N) is 1. The van der Waals surface area contributed by atoms with Crippen LogP contribution in [0.3, 0.4) is 0 Å². The van der Waals surface area contributed by atoms with Crippen molar-refractivity contribution < 1.29 is 9.13 Å². The highest BCUT2D eigenvalue weighted by atomic mass is 19.1. The van der Waals surface area contributed by atoms with Crippen LogP contribution < -0.4 is 10.1 Å². The van der Waals surface area contributed by atoms with Gasteiger partial charge in [-0.3, -0.25) is 0 Å². The zero-order chi connectivity index (χ0) is 14.7. The molecule has 1 heterocycles. The lowest BCUT2D eigenvalue weighted by Gasteiger charge is -2.27. The largest absolute Gasteiger partial charge is 0.494 e. The standard InChI is InChI=1S/C18H20FNO/c1-21-17-8-4-6-14(18(17)19)10-12-15-11-9-13-5-2-3-7-16(13)20-15/h2-8,15,20H,9-12H2,1H3. The number of rotatable bonds is 4. The third kappa shape index (κ3) is 3.02. The molecule has 1 unspecified atom stereocenters. The van der Waals surface area contributed by atoms with Crippen molar-refractivity contribution in [2.24, 2.45) is 0 Å². The summed E-state index contributed by atoms with van der Waals surface area (Å²) in [4.78, 5) is 0. The number of halogens is 1. The zero-order valence-corrected chi connectivity index (χ0v) is 12.2. The van der Waals surface area contributed by atoms with Crippen molar-refractivity contribution in [1.82, 2.24) is 0 Å². The Bertz CT molecular complexity index is 626. The third-order valence-corrected chi connectivity index (χ3v) is 4.16. The smallest absolute Gasteiger partial charge is 0.168 e. The van der Waals surface area contributed by atoms with Gasteiger partial charge in [0.1, 0.15) is 0 Å². The summed E-state index contributed by atoms with van der Waals surface area (Å²) in [6.07, 6.45) is 3.85. The van der Waals surface area contributed by atoms with Crippen molar-refractivity contribution in [2.45, 2.75) is 31.7 Å². The van der Waals surface area contributed by atoms with Crippen molar-refractivity contribution in [1.29, 1.82) is 0 Å². The molecule has 0 saturated carbocycles. The molecule has 1 aliphatic heterocycles. The number of ether oxygens (including phenoxy) is 1. The SMILES string of the molecule is COc1cccc(CCC2CCc3ccccc3N2)c1F. The molecule has 2 aromatic carbocycles. The first kappa shape index (κ1) is 13.9. The van der Waals surface area contributed by atoms with E-state index in [1.807, 2.05) is 12.1 Å². The summed E-state index contributed by atoms with van der Waals surface area (Å²) in [5, 5.41) is 3.56. The zero-order valence-electron chi connectivity index (χ0n) is 12.2. The Morgan fingerprint density at radius 3 is 2.90 bits per heavy atom. The first-order valence-electron chi connectivity index (χ1n) is 7.44. The molecular weight excluding hydrogens is 265 g/mol. The topological polar surface area (TPSA) is 21.3 Å². The van der Waals surface area contributed by atoms with Gasteiger partial charge in [0.15, 0.2) is 11.6 Å². The minimum Gasteiger partial charge on any atom is -0.494 e. The maximum atomic E-state index is 14.1. The van der Waals surface area contributed by atoms with E-state index in [0.717, 1.165) is 31.2 Å². The number of para-hydroxylation sites is 1. The first-order valence-corrected chi connectivity index (χ1v) is 7.44. The van der Waals surface area contributed by atoms with Crippen LogP contribution >= 0.6 is 0 Å². The normalized spacial score (nSPS) is 17.0. The fraction of sp³-hybridized carbons (Fsp3) is 0.333. The summed E-state index contributed by atoms with van der Waals surface area (Å²) >= 11 is 0. The lowest BCUT2D eigenvalue weighted by molar-refractivity contribution is 0.383. The quantitative estimate of drug-likeness (QED) is 0.909. The number of methoxy groups -OCH3 is 1. The minimum atomic E-state index is -0.226. The molecule has 1 atom stereocenters. The van der Waals surface area contributed by atoms with Crippen LogP contribution in [0.25, 0.3) is 0 Å². The number of fused-ring (bicyclic) bond motifs is 1. The van der Waals surface area contributed by atoms with Crippen LogP contribution in [-0.2, 0) is 12.8 Å². The maximum Gasteiger partial charge on any atom is 0.168 e. The van der Waals surface area contributed by atoms with Gasteiger partial charge in [0.25, 0.3) is 0 Å².